The van der Waals surface area contributed by atoms with Crippen molar-refractivity contribution < 1.29 is 4.79 Å². The first kappa shape index (κ1) is 18.7. The van der Waals surface area contributed by atoms with Gasteiger partial charge in [-0.15, -0.1) is 5.10 Å². The minimum absolute atomic E-state index is 0.108. The van der Waals surface area contributed by atoms with Crippen molar-refractivity contribution in [1.82, 2.24) is 24.5 Å². The summed E-state index contributed by atoms with van der Waals surface area (Å²) >= 11 is 0. The maximum atomic E-state index is 13.2. The Kier molecular flexibility index (Phi) is 4.76. The van der Waals surface area contributed by atoms with Gasteiger partial charge in [0.2, 0.25) is 5.91 Å². The third-order valence-corrected chi connectivity index (χ3v) is 5.12. The minimum atomic E-state index is -0.404. The Bertz CT molecular complexity index is 1440. The summed E-state index contributed by atoms with van der Waals surface area (Å²) in [4.78, 5) is 30.5. The van der Waals surface area contributed by atoms with Gasteiger partial charge in [-0.3, -0.25) is 9.36 Å². The smallest absolute Gasteiger partial charge is 0.350 e. The molecule has 0 saturated heterocycles. The number of nitrogens with zero attached hydrogens (tertiary/aromatic N) is 4. The van der Waals surface area contributed by atoms with E-state index in [4.69, 9.17) is 0 Å². The maximum absolute atomic E-state index is 13.2. The molecule has 0 saturated carbocycles. The highest BCUT2D eigenvalue weighted by Crippen LogP contribution is 2.20. The molecular formula is C24H19N5O2. The molecule has 5 rings (SSSR count). The second-order valence-electron chi connectivity index (χ2n) is 7.19. The lowest BCUT2D eigenvalue weighted by Crippen LogP contribution is -2.35. The molecule has 0 spiro atoms. The molecule has 5 aromatic rings. The van der Waals surface area contributed by atoms with Gasteiger partial charge >= 0.3 is 5.69 Å². The number of rotatable bonds is 5. The van der Waals surface area contributed by atoms with E-state index < -0.39 is 5.69 Å². The van der Waals surface area contributed by atoms with Crippen LogP contribution in [-0.2, 0) is 17.9 Å². The summed E-state index contributed by atoms with van der Waals surface area (Å²) in [7, 11) is 0. The van der Waals surface area contributed by atoms with Crippen LogP contribution in [0.5, 0.6) is 0 Å². The summed E-state index contributed by atoms with van der Waals surface area (Å²) in [5, 5.41) is 8.07. The number of amides is 1. The fourth-order valence-electron chi connectivity index (χ4n) is 3.59. The van der Waals surface area contributed by atoms with Gasteiger partial charge in [0.25, 0.3) is 0 Å². The van der Waals surface area contributed by atoms with Crippen molar-refractivity contribution in [2.24, 2.45) is 0 Å². The van der Waals surface area contributed by atoms with Gasteiger partial charge in [-0.2, -0.15) is 4.52 Å². The topological polar surface area (TPSA) is 81.3 Å². The Hall–Kier alpha value is -4.26. The number of hydrogen-bond acceptors (Lipinski definition) is 4. The number of fused-ring (bicyclic) bond motifs is 3. The average Bonchev–Trinajstić information content (AvgIpc) is 3.28. The Morgan fingerprint density at radius 1 is 0.871 bits per heavy atom. The van der Waals surface area contributed by atoms with Crippen LogP contribution in [0.4, 0.5) is 0 Å². The van der Waals surface area contributed by atoms with Crippen molar-refractivity contribution >= 4 is 22.5 Å². The van der Waals surface area contributed by atoms with Crippen LogP contribution < -0.4 is 11.0 Å². The van der Waals surface area contributed by atoms with Gasteiger partial charge in [-0.05, 0) is 17.7 Å². The van der Waals surface area contributed by atoms with Crippen LogP contribution in [0.2, 0.25) is 0 Å². The first-order chi connectivity index (χ1) is 15.2. The number of nitrogens with one attached hydrogen (secondary N) is 1. The number of hydrogen-bond donors (Lipinski definition) is 1. The van der Waals surface area contributed by atoms with Crippen LogP contribution in [0.3, 0.4) is 0 Å². The van der Waals surface area contributed by atoms with Crippen molar-refractivity contribution in [2.45, 2.75) is 13.1 Å². The number of carbonyl (C=O) groups excluding carboxylic acids is 1. The van der Waals surface area contributed by atoms with Crippen LogP contribution in [0.25, 0.3) is 27.9 Å². The molecular weight excluding hydrogens is 390 g/mol. The van der Waals surface area contributed by atoms with Gasteiger partial charge in [0.05, 0.1) is 5.52 Å². The Morgan fingerprint density at radius 3 is 2.32 bits per heavy atom. The monoisotopic (exact) mass is 409 g/mol. The number of carbonyl (C=O) groups is 1. The van der Waals surface area contributed by atoms with Gasteiger partial charge < -0.3 is 5.32 Å². The van der Waals surface area contributed by atoms with E-state index >= 15 is 0 Å². The number of aromatic nitrogens is 4. The molecule has 0 aliphatic carbocycles. The predicted molar refractivity (Wildman–Crippen MR) is 118 cm³/mol. The second kappa shape index (κ2) is 7.87. The molecule has 0 atom stereocenters. The quantitative estimate of drug-likeness (QED) is 0.484. The van der Waals surface area contributed by atoms with Crippen molar-refractivity contribution in [3.05, 3.63) is 101 Å². The molecule has 1 amide bonds. The molecule has 0 bridgehead atoms. The SMILES string of the molecule is O=C(Cn1c(=O)n2nc(-c3ccccc3)nc2c2ccccc21)NCc1ccccc1. The number of benzene rings is 3. The molecule has 0 aliphatic heterocycles. The Morgan fingerprint density at radius 2 is 1.55 bits per heavy atom. The van der Waals surface area contributed by atoms with Gasteiger partial charge in [0.15, 0.2) is 11.5 Å². The van der Waals surface area contributed by atoms with E-state index in [0.29, 0.717) is 23.5 Å². The molecule has 0 radical (unpaired) electrons. The Balaban J connectivity index is 1.55. The summed E-state index contributed by atoms with van der Waals surface area (Å²) in [5.41, 5.74) is 2.52. The van der Waals surface area contributed by atoms with Gasteiger partial charge in [0, 0.05) is 17.5 Å². The van der Waals surface area contributed by atoms with Crippen LogP contribution >= 0.6 is 0 Å². The molecule has 2 aromatic heterocycles. The summed E-state index contributed by atoms with van der Waals surface area (Å²) in [5.74, 6) is 0.216. The average molecular weight is 409 g/mol. The van der Waals surface area contributed by atoms with E-state index in [-0.39, 0.29) is 12.5 Å². The molecule has 152 valence electrons. The maximum Gasteiger partial charge on any atom is 0.351 e. The van der Waals surface area contributed by atoms with Gasteiger partial charge in [-0.25, -0.2) is 9.78 Å². The van der Waals surface area contributed by atoms with Crippen molar-refractivity contribution in [3.8, 4) is 11.4 Å². The van der Waals surface area contributed by atoms with Crippen molar-refractivity contribution in [3.63, 3.8) is 0 Å². The zero-order valence-corrected chi connectivity index (χ0v) is 16.6. The molecule has 7 heteroatoms. The van der Waals surface area contributed by atoms with E-state index in [2.05, 4.69) is 15.4 Å². The molecule has 2 heterocycles. The molecule has 0 aliphatic rings. The highest BCUT2D eigenvalue weighted by atomic mass is 16.2. The highest BCUT2D eigenvalue weighted by Gasteiger charge is 2.17. The zero-order chi connectivity index (χ0) is 21.2. The van der Waals surface area contributed by atoms with Crippen LogP contribution in [0.15, 0.2) is 89.7 Å². The number of para-hydroxylation sites is 1. The standard InChI is InChI=1S/C24H19N5O2/c30-21(25-15-17-9-3-1-4-10-17)16-28-20-14-8-7-13-19(20)23-26-22(27-29(23)24(28)31)18-11-5-2-6-12-18/h1-14H,15-16H2,(H,25,30). The first-order valence-electron chi connectivity index (χ1n) is 9.95. The molecule has 1 N–H and O–H groups in total. The second-order valence-corrected chi connectivity index (χ2v) is 7.19. The van der Waals surface area contributed by atoms with Gasteiger partial charge in [0.1, 0.15) is 6.54 Å². The molecule has 3 aromatic carbocycles. The van der Waals surface area contributed by atoms with E-state index in [9.17, 15) is 9.59 Å². The zero-order valence-electron chi connectivity index (χ0n) is 16.6. The fourth-order valence-corrected chi connectivity index (χ4v) is 3.59. The first-order valence-corrected chi connectivity index (χ1v) is 9.95. The van der Waals surface area contributed by atoms with Crippen LogP contribution in [-0.4, -0.2) is 25.1 Å². The van der Waals surface area contributed by atoms with E-state index in [1.54, 1.807) is 0 Å². The lowest BCUT2D eigenvalue weighted by atomic mass is 10.2. The van der Waals surface area contributed by atoms with E-state index in [0.717, 1.165) is 16.5 Å². The lowest BCUT2D eigenvalue weighted by molar-refractivity contribution is -0.121. The van der Waals surface area contributed by atoms with Crippen molar-refractivity contribution in [2.75, 3.05) is 0 Å². The lowest BCUT2D eigenvalue weighted by Gasteiger charge is -2.11. The molecule has 7 nitrogen and oxygen atoms in total. The van der Waals surface area contributed by atoms with Crippen LogP contribution in [0.1, 0.15) is 5.56 Å². The molecule has 31 heavy (non-hydrogen) atoms. The largest absolute Gasteiger partial charge is 0.351 e. The summed E-state index contributed by atoms with van der Waals surface area (Å²) in [6, 6.07) is 26.6. The van der Waals surface area contributed by atoms with Crippen molar-refractivity contribution in [1.29, 1.82) is 0 Å². The minimum Gasteiger partial charge on any atom is -0.350 e. The molecule has 0 fully saturated rings. The Labute approximate surface area is 177 Å². The van der Waals surface area contributed by atoms with E-state index in [1.807, 2.05) is 84.9 Å². The summed E-state index contributed by atoms with van der Waals surface area (Å²) < 4.78 is 2.71. The third kappa shape index (κ3) is 3.57. The highest BCUT2D eigenvalue weighted by molar-refractivity contribution is 5.92. The third-order valence-electron chi connectivity index (χ3n) is 5.12. The summed E-state index contributed by atoms with van der Waals surface area (Å²) in [6.07, 6.45) is 0. The normalized spacial score (nSPS) is 11.1. The molecule has 0 unspecified atom stereocenters. The fraction of sp³-hybridized carbons (Fsp3) is 0.0833. The van der Waals surface area contributed by atoms with Crippen LogP contribution in [0, 0.1) is 0 Å². The van der Waals surface area contributed by atoms with Gasteiger partial charge in [-0.1, -0.05) is 72.8 Å². The van der Waals surface area contributed by atoms with E-state index in [1.165, 1.54) is 9.08 Å². The predicted octanol–water partition coefficient (Wildman–Crippen LogP) is 3.03. The summed E-state index contributed by atoms with van der Waals surface area (Å²) in [6.45, 7) is 0.290.